The van der Waals surface area contributed by atoms with Crippen LogP contribution in [-0.2, 0) is 0 Å². The van der Waals surface area contributed by atoms with E-state index in [1.807, 2.05) is 18.2 Å². The zero-order valence-electron chi connectivity index (χ0n) is 10.4. The number of nitrogens with zero attached hydrogens (tertiary/aromatic N) is 1. The van der Waals surface area contributed by atoms with Gasteiger partial charge in [-0.2, -0.15) is 0 Å². The summed E-state index contributed by atoms with van der Waals surface area (Å²) in [6.45, 7) is 2.09. The van der Waals surface area contributed by atoms with Gasteiger partial charge in [-0.25, -0.2) is 4.98 Å². The van der Waals surface area contributed by atoms with Crippen molar-refractivity contribution in [2.24, 2.45) is 0 Å². The second-order valence-corrected chi connectivity index (χ2v) is 6.08. The highest BCUT2D eigenvalue weighted by Crippen LogP contribution is 2.31. The van der Waals surface area contributed by atoms with Gasteiger partial charge < -0.3 is 0 Å². The fraction of sp³-hybridized carbons (Fsp3) is 0.0625. The van der Waals surface area contributed by atoms with E-state index in [1.54, 1.807) is 11.3 Å². The number of hydrogen-bond acceptors (Lipinski definition) is 2. The maximum atomic E-state index is 4.72. The third-order valence-electron chi connectivity index (χ3n) is 2.99. The van der Waals surface area contributed by atoms with Crippen molar-refractivity contribution < 1.29 is 0 Å². The highest BCUT2D eigenvalue weighted by atomic mass is 79.9. The van der Waals surface area contributed by atoms with Crippen LogP contribution in [0.25, 0.3) is 21.8 Å². The predicted molar refractivity (Wildman–Crippen MR) is 85.4 cm³/mol. The van der Waals surface area contributed by atoms with Crippen LogP contribution in [0, 0.1) is 6.92 Å². The molecule has 0 spiro atoms. The lowest BCUT2D eigenvalue weighted by Gasteiger charge is -2.01. The fourth-order valence-corrected chi connectivity index (χ4v) is 3.08. The molecule has 0 N–H and O–H groups in total. The largest absolute Gasteiger partial charge is 0.236 e. The van der Waals surface area contributed by atoms with Crippen molar-refractivity contribution in [1.82, 2.24) is 4.98 Å². The van der Waals surface area contributed by atoms with Crippen molar-refractivity contribution in [2.45, 2.75) is 6.92 Å². The first-order valence-electron chi connectivity index (χ1n) is 6.01. The summed E-state index contributed by atoms with van der Waals surface area (Å²) in [4.78, 5) is 4.72. The molecule has 0 aliphatic rings. The molecule has 3 heteroatoms. The van der Waals surface area contributed by atoms with E-state index in [-0.39, 0.29) is 0 Å². The van der Waals surface area contributed by atoms with Gasteiger partial charge in [-0.05, 0) is 18.6 Å². The van der Waals surface area contributed by atoms with Crippen LogP contribution in [0.4, 0.5) is 0 Å². The monoisotopic (exact) mass is 329 g/mol. The molecule has 0 aliphatic carbocycles. The minimum Gasteiger partial charge on any atom is -0.236 e. The van der Waals surface area contributed by atoms with Crippen LogP contribution in [0.5, 0.6) is 0 Å². The summed E-state index contributed by atoms with van der Waals surface area (Å²) in [6, 6.07) is 16.6. The Balaban J connectivity index is 1.99. The molecule has 0 saturated heterocycles. The predicted octanol–water partition coefficient (Wildman–Crippen LogP) is 5.55. The molecule has 2 aromatic carbocycles. The Morgan fingerprint density at radius 2 is 1.79 bits per heavy atom. The molecule has 3 rings (SSSR count). The van der Waals surface area contributed by atoms with Gasteiger partial charge >= 0.3 is 0 Å². The van der Waals surface area contributed by atoms with Crippen molar-refractivity contribution in [3.05, 3.63) is 63.9 Å². The van der Waals surface area contributed by atoms with E-state index in [0.29, 0.717) is 0 Å². The standard InChI is InChI=1S/C16H12BrNS/c1-11-7-8-13(9-14(11)17)16-18-15(10-19-16)12-5-3-2-4-6-12/h2-10H,1H3. The lowest BCUT2D eigenvalue weighted by Crippen LogP contribution is -1.81. The van der Waals surface area contributed by atoms with Crippen molar-refractivity contribution in [2.75, 3.05) is 0 Å². The molecule has 1 heterocycles. The van der Waals surface area contributed by atoms with Crippen LogP contribution in [0.1, 0.15) is 5.56 Å². The molecule has 3 aromatic rings. The van der Waals surface area contributed by atoms with E-state index in [4.69, 9.17) is 4.98 Å². The smallest absolute Gasteiger partial charge is 0.124 e. The van der Waals surface area contributed by atoms with Gasteiger partial charge in [0.05, 0.1) is 5.69 Å². The summed E-state index contributed by atoms with van der Waals surface area (Å²) in [5.74, 6) is 0. The Bertz CT molecular complexity index is 704. The van der Waals surface area contributed by atoms with Gasteiger partial charge in [0.15, 0.2) is 0 Å². The first-order chi connectivity index (χ1) is 9.24. The zero-order chi connectivity index (χ0) is 13.2. The van der Waals surface area contributed by atoms with E-state index < -0.39 is 0 Å². The summed E-state index contributed by atoms with van der Waals surface area (Å²) in [7, 11) is 0. The van der Waals surface area contributed by atoms with E-state index in [9.17, 15) is 0 Å². The molecular formula is C16H12BrNS. The molecule has 19 heavy (non-hydrogen) atoms. The molecule has 0 fully saturated rings. The van der Waals surface area contributed by atoms with Crippen molar-refractivity contribution >= 4 is 27.3 Å². The molecular weight excluding hydrogens is 318 g/mol. The van der Waals surface area contributed by atoms with Crippen LogP contribution >= 0.6 is 27.3 Å². The lowest BCUT2D eigenvalue weighted by atomic mass is 10.1. The highest BCUT2D eigenvalue weighted by molar-refractivity contribution is 9.10. The maximum absolute atomic E-state index is 4.72. The molecule has 0 bridgehead atoms. The van der Waals surface area contributed by atoms with Gasteiger partial charge in [0.2, 0.25) is 0 Å². The first-order valence-corrected chi connectivity index (χ1v) is 7.69. The quantitative estimate of drug-likeness (QED) is 0.600. The van der Waals surface area contributed by atoms with Crippen molar-refractivity contribution in [1.29, 1.82) is 0 Å². The molecule has 94 valence electrons. The molecule has 0 radical (unpaired) electrons. The van der Waals surface area contributed by atoms with Crippen LogP contribution in [-0.4, -0.2) is 4.98 Å². The zero-order valence-corrected chi connectivity index (χ0v) is 12.8. The Hall–Kier alpha value is -1.45. The normalized spacial score (nSPS) is 10.6. The summed E-state index contributed by atoms with van der Waals surface area (Å²) < 4.78 is 1.13. The average Bonchev–Trinajstić information content (AvgIpc) is 2.93. The second kappa shape index (κ2) is 5.27. The third kappa shape index (κ3) is 2.62. The van der Waals surface area contributed by atoms with E-state index in [0.717, 1.165) is 26.3 Å². The average molecular weight is 330 g/mol. The number of halogens is 1. The van der Waals surface area contributed by atoms with Gasteiger partial charge in [-0.15, -0.1) is 11.3 Å². The number of benzene rings is 2. The Kier molecular flexibility index (Phi) is 3.49. The minimum atomic E-state index is 1.04. The van der Waals surface area contributed by atoms with Crippen LogP contribution in [0.2, 0.25) is 0 Å². The molecule has 0 atom stereocenters. The van der Waals surface area contributed by atoms with E-state index in [2.05, 4.69) is 58.6 Å². The molecule has 0 saturated carbocycles. The highest BCUT2D eigenvalue weighted by Gasteiger charge is 2.07. The maximum Gasteiger partial charge on any atom is 0.124 e. The van der Waals surface area contributed by atoms with Gasteiger partial charge in [-0.3, -0.25) is 0 Å². The topological polar surface area (TPSA) is 12.9 Å². The van der Waals surface area contributed by atoms with Crippen LogP contribution in [0.3, 0.4) is 0 Å². The third-order valence-corrected chi connectivity index (χ3v) is 4.74. The van der Waals surface area contributed by atoms with Gasteiger partial charge in [0, 0.05) is 21.0 Å². The number of thiazole rings is 1. The molecule has 0 unspecified atom stereocenters. The van der Waals surface area contributed by atoms with Crippen molar-refractivity contribution in [3.63, 3.8) is 0 Å². The number of aryl methyl sites for hydroxylation is 1. The SMILES string of the molecule is Cc1ccc(-c2nc(-c3ccccc3)cs2)cc1Br. The fourth-order valence-electron chi connectivity index (χ4n) is 1.87. The number of rotatable bonds is 2. The van der Waals surface area contributed by atoms with Crippen LogP contribution < -0.4 is 0 Å². The second-order valence-electron chi connectivity index (χ2n) is 4.37. The molecule has 1 aromatic heterocycles. The van der Waals surface area contributed by atoms with Gasteiger partial charge in [0.25, 0.3) is 0 Å². The summed E-state index contributed by atoms with van der Waals surface area (Å²) in [5, 5.41) is 3.16. The number of hydrogen-bond donors (Lipinski definition) is 0. The van der Waals surface area contributed by atoms with Gasteiger partial charge in [0.1, 0.15) is 5.01 Å². The summed E-state index contributed by atoms with van der Waals surface area (Å²) in [6.07, 6.45) is 0. The molecule has 0 amide bonds. The van der Waals surface area contributed by atoms with E-state index >= 15 is 0 Å². The minimum absolute atomic E-state index is 1.04. The molecule has 1 nitrogen and oxygen atoms in total. The summed E-state index contributed by atoms with van der Waals surface area (Å²) >= 11 is 5.25. The first kappa shape index (κ1) is 12.6. The summed E-state index contributed by atoms with van der Waals surface area (Å²) in [5.41, 5.74) is 4.60. The lowest BCUT2D eigenvalue weighted by molar-refractivity contribution is 1.38. The van der Waals surface area contributed by atoms with Gasteiger partial charge in [-0.1, -0.05) is 58.4 Å². The number of aromatic nitrogens is 1. The Labute approximate surface area is 125 Å². The van der Waals surface area contributed by atoms with Crippen molar-refractivity contribution in [3.8, 4) is 21.8 Å². The molecule has 0 aliphatic heterocycles. The van der Waals surface area contributed by atoms with Crippen LogP contribution in [0.15, 0.2) is 58.4 Å². The Morgan fingerprint density at radius 3 is 2.53 bits per heavy atom. The Morgan fingerprint density at radius 1 is 1.00 bits per heavy atom. The van der Waals surface area contributed by atoms with E-state index in [1.165, 1.54) is 5.56 Å².